The summed E-state index contributed by atoms with van der Waals surface area (Å²) in [7, 11) is 0. The molecule has 5 heteroatoms. The molecule has 1 aliphatic rings. The molecule has 3 aromatic rings. The maximum Gasteiger partial charge on any atom is 0.123 e. The quantitative estimate of drug-likeness (QED) is 0.533. The molecular formula is C26H27FO3S. The molecule has 0 amide bonds. The molecule has 3 nitrogen and oxygen atoms in total. The summed E-state index contributed by atoms with van der Waals surface area (Å²) in [6, 6.07) is 17.1. The molecule has 0 bridgehead atoms. The number of aliphatic hydroxyl groups is 2. The van der Waals surface area contributed by atoms with Gasteiger partial charge in [-0.2, -0.15) is 0 Å². The van der Waals surface area contributed by atoms with Crippen LogP contribution in [0, 0.1) is 25.6 Å². The highest BCUT2D eigenvalue weighted by molar-refractivity contribution is 7.15. The summed E-state index contributed by atoms with van der Waals surface area (Å²) in [6.07, 6.45) is 8.87. The van der Waals surface area contributed by atoms with Crippen molar-refractivity contribution < 1.29 is 19.3 Å². The third-order valence-electron chi connectivity index (χ3n) is 5.48. The van der Waals surface area contributed by atoms with E-state index in [1.165, 1.54) is 28.1 Å². The van der Waals surface area contributed by atoms with Gasteiger partial charge in [-0.25, -0.2) is 4.39 Å². The molecule has 0 saturated carbocycles. The van der Waals surface area contributed by atoms with Gasteiger partial charge in [0.05, 0.1) is 24.9 Å². The Balaban J connectivity index is 0.00000132. The van der Waals surface area contributed by atoms with Crippen LogP contribution in [0.25, 0.3) is 10.4 Å². The van der Waals surface area contributed by atoms with Crippen LogP contribution >= 0.6 is 11.3 Å². The predicted octanol–water partition coefficient (Wildman–Crippen LogP) is 5.28. The number of aryl methyl sites for hydroxylation is 1. The van der Waals surface area contributed by atoms with Crippen molar-refractivity contribution in [3.63, 3.8) is 0 Å². The van der Waals surface area contributed by atoms with E-state index >= 15 is 0 Å². The molecule has 3 atom stereocenters. The number of terminal acetylenes is 1. The third-order valence-corrected chi connectivity index (χ3v) is 6.62. The molecular weight excluding hydrogens is 411 g/mol. The van der Waals surface area contributed by atoms with Gasteiger partial charge in [-0.05, 0) is 53.4 Å². The average Bonchev–Trinajstić information content (AvgIpc) is 3.25. The molecule has 1 aliphatic heterocycles. The van der Waals surface area contributed by atoms with Crippen molar-refractivity contribution in [3.05, 3.63) is 82.0 Å². The minimum Gasteiger partial charge on any atom is -0.394 e. The normalized spacial score (nSPS) is 20.6. The molecule has 4 rings (SSSR count). The number of thiophene rings is 1. The monoisotopic (exact) mass is 438 g/mol. The first-order chi connectivity index (χ1) is 15.0. The largest absolute Gasteiger partial charge is 0.394 e. The lowest BCUT2D eigenvalue weighted by Gasteiger charge is -2.32. The molecule has 1 aromatic heterocycles. The summed E-state index contributed by atoms with van der Waals surface area (Å²) < 4.78 is 19.1. The van der Waals surface area contributed by atoms with Crippen LogP contribution in [0.5, 0.6) is 0 Å². The second kappa shape index (κ2) is 10.7. The topological polar surface area (TPSA) is 49.7 Å². The molecule has 1 fully saturated rings. The van der Waals surface area contributed by atoms with Crippen molar-refractivity contribution in [2.75, 3.05) is 6.61 Å². The van der Waals surface area contributed by atoms with E-state index in [1.807, 2.05) is 6.07 Å². The standard InChI is InChI=1S/C24H25FO3S.C2H2/c1-15-2-3-17(23-13-20(27)12-21(14-26)28-23)10-18(15)11-22-8-9-24(29-22)16-4-6-19(25)7-5-16;1-2/h2-10,20-21,23,26-27H,11-14H2,1H3;1-2H. The Morgan fingerprint density at radius 2 is 1.81 bits per heavy atom. The number of benzene rings is 2. The van der Waals surface area contributed by atoms with Crippen molar-refractivity contribution in [3.8, 4) is 23.3 Å². The number of rotatable bonds is 5. The highest BCUT2D eigenvalue weighted by Crippen LogP contribution is 2.34. The molecule has 2 aromatic carbocycles. The van der Waals surface area contributed by atoms with Crippen LogP contribution in [0.3, 0.4) is 0 Å². The van der Waals surface area contributed by atoms with Crippen LogP contribution in [0.2, 0.25) is 0 Å². The first-order valence-electron chi connectivity index (χ1n) is 10.2. The van der Waals surface area contributed by atoms with Gasteiger partial charge in [0.1, 0.15) is 5.82 Å². The number of hydrogen-bond acceptors (Lipinski definition) is 4. The van der Waals surface area contributed by atoms with Gasteiger partial charge in [0.25, 0.3) is 0 Å². The molecule has 162 valence electrons. The van der Waals surface area contributed by atoms with Crippen molar-refractivity contribution in [2.24, 2.45) is 0 Å². The Labute approximate surface area is 187 Å². The zero-order valence-corrected chi connectivity index (χ0v) is 18.3. The summed E-state index contributed by atoms with van der Waals surface area (Å²) in [6.45, 7) is 2.02. The molecule has 2 N–H and O–H groups in total. The van der Waals surface area contributed by atoms with E-state index in [0.717, 1.165) is 22.4 Å². The average molecular weight is 439 g/mol. The zero-order valence-electron chi connectivity index (χ0n) is 17.5. The van der Waals surface area contributed by atoms with Gasteiger partial charge in [0.15, 0.2) is 0 Å². The fourth-order valence-electron chi connectivity index (χ4n) is 3.83. The van der Waals surface area contributed by atoms with Gasteiger partial charge in [-0.15, -0.1) is 24.2 Å². The van der Waals surface area contributed by atoms with Crippen molar-refractivity contribution in [1.29, 1.82) is 0 Å². The van der Waals surface area contributed by atoms with Gasteiger partial charge in [0.2, 0.25) is 0 Å². The minimum absolute atomic E-state index is 0.0758. The molecule has 1 saturated heterocycles. The van der Waals surface area contributed by atoms with Gasteiger partial charge in [0, 0.05) is 29.0 Å². The van der Waals surface area contributed by atoms with Crippen LogP contribution in [-0.4, -0.2) is 29.0 Å². The SMILES string of the molecule is C#C.Cc1ccc(C2CC(O)CC(CO)O2)cc1Cc1ccc(-c2ccc(F)cc2)s1. The zero-order chi connectivity index (χ0) is 22.4. The Kier molecular flexibility index (Phi) is 8.00. The summed E-state index contributed by atoms with van der Waals surface area (Å²) in [5, 5.41) is 19.5. The lowest BCUT2D eigenvalue weighted by molar-refractivity contribution is -0.113. The van der Waals surface area contributed by atoms with E-state index in [1.54, 1.807) is 23.5 Å². The first kappa shape index (κ1) is 23.2. The van der Waals surface area contributed by atoms with Crippen LogP contribution in [-0.2, 0) is 11.2 Å². The van der Waals surface area contributed by atoms with Crippen molar-refractivity contribution in [2.45, 2.75) is 44.5 Å². The predicted molar refractivity (Wildman–Crippen MR) is 124 cm³/mol. The highest BCUT2D eigenvalue weighted by Gasteiger charge is 2.29. The van der Waals surface area contributed by atoms with E-state index in [0.29, 0.717) is 12.8 Å². The molecule has 0 aliphatic carbocycles. The van der Waals surface area contributed by atoms with E-state index in [2.05, 4.69) is 44.0 Å². The number of hydrogen-bond donors (Lipinski definition) is 2. The Hall–Kier alpha value is -2.49. The number of ether oxygens (including phenoxy) is 1. The molecule has 31 heavy (non-hydrogen) atoms. The summed E-state index contributed by atoms with van der Waals surface area (Å²) in [4.78, 5) is 2.36. The molecule has 0 spiro atoms. The maximum atomic E-state index is 13.2. The van der Waals surface area contributed by atoms with E-state index in [-0.39, 0.29) is 24.6 Å². The third kappa shape index (κ3) is 5.81. The molecule has 3 unspecified atom stereocenters. The van der Waals surface area contributed by atoms with Crippen LogP contribution in [0.15, 0.2) is 54.6 Å². The minimum atomic E-state index is -0.453. The van der Waals surface area contributed by atoms with Crippen molar-refractivity contribution in [1.82, 2.24) is 0 Å². The summed E-state index contributed by atoms with van der Waals surface area (Å²) in [5.41, 5.74) is 4.49. The Bertz CT molecular complexity index is 1010. The lowest BCUT2D eigenvalue weighted by atomic mass is 9.93. The smallest absolute Gasteiger partial charge is 0.123 e. The van der Waals surface area contributed by atoms with Crippen molar-refractivity contribution >= 4 is 11.3 Å². The Morgan fingerprint density at radius 3 is 2.52 bits per heavy atom. The van der Waals surface area contributed by atoms with E-state index in [4.69, 9.17) is 4.74 Å². The van der Waals surface area contributed by atoms with Gasteiger partial charge in [-0.3, -0.25) is 0 Å². The Morgan fingerprint density at radius 1 is 1.06 bits per heavy atom. The van der Waals surface area contributed by atoms with Gasteiger partial charge in [-0.1, -0.05) is 30.3 Å². The van der Waals surface area contributed by atoms with Crippen LogP contribution in [0.1, 0.15) is 40.5 Å². The first-order valence-corrected chi connectivity index (χ1v) is 11.0. The van der Waals surface area contributed by atoms with Crippen LogP contribution < -0.4 is 0 Å². The van der Waals surface area contributed by atoms with Gasteiger partial charge >= 0.3 is 0 Å². The molecule has 2 heterocycles. The van der Waals surface area contributed by atoms with Gasteiger partial charge < -0.3 is 14.9 Å². The fourth-order valence-corrected chi connectivity index (χ4v) is 4.87. The highest BCUT2D eigenvalue weighted by atomic mass is 32.1. The lowest BCUT2D eigenvalue weighted by Crippen LogP contribution is -2.33. The maximum absolute atomic E-state index is 13.2. The fraction of sp³-hybridized carbons (Fsp3) is 0.308. The second-order valence-corrected chi connectivity index (χ2v) is 8.86. The van der Waals surface area contributed by atoms with E-state index < -0.39 is 6.10 Å². The summed E-state index contributed by atoms with van der Waals surface area (Å²) in [5.74, 6) is -0.226. The van der Waals surface area contributed by atoms with Crippen LogP contribution in [0.4, 0.5) is 4.39 Å². The molecule has 0 radical (unpaired) electrons. The van der Waals surface area contributed by atoms with E-state index in [9.17, 15) is 14.6 Å². The number of halogens is 1. The summed E-state index contributed by atoms with van der Waals surface area (Å²) >= 11 is 1.71. The number of aliphatic hydroxyl groups excluding tert-OH is 2. The second-order valence-electron chi connectivity index (χ2n) is 7.69.